The van der Waals surface area contributed by atoms with Crippen LogP contribution in [-0.2, 0) is 16.8 Å². The summed E-state index contributed by atoms with van der Waals surface area (Å²) in [6, 6.07) is 8.42. The number of rotatable bonds is 4. The summed E-state index contributed by atoms with van der Waals surface area (Å²) in [6.07, 6.45) is 0. The Labute approximate surface area is 155 Å². The molecule has 2 N–H and O–H groups in total. The van der Waals surface area contributed by atoms with E-state index in [1.165, 1.54) is 28.6 Å². The second-order valence-corrected chi connectivity index (χ2v) is 8.89. The second kappa shape index (κ2) is 6.23. The minimum Gasteiger partial charge on any atom is -0.387 e. The highest BCUT2D eigenvalue weighted by molar-refractivity contribution is 7.87. The van der Waals surface area contributed by atoms with Crippen LogP contribution in [0.3, 0.4) is 0 Å². The van der Waals surface area contributed by atoms with Crippen LogP contribution in [0, 0.1) is 11.6 Å². The highest BCUT2D eigenvalue weighted by Gasteiger charge is 2.35. The fraction of sp³-hybridized carbons (Fsp3) is 0.333. The van der Waals surface area contributed by atoms with E-state index >= 15 is 0 Å². The van der Waals surface area contributed by atoms with E-state index in [1.807, 2.05) is 0 Å². The predicted molar refractivity (Wildman–Crippen MR) is 98.5 cm³/mol. The van der Waals surface area contributed by atoms with Crippen LogP contribution in [0.2, 0.25) is 0 Å². The molecule has 9 heteroatoms. The average Bonchev–Trinajstić information content (AvgIpc) is 3.04. The predicted octanol–water partition coefficient (Wildman–Crippen LogP) is 1.97. The summed E-state index contributed by atoms with van der Waals surface area (Å²) in [5.74, 6) is -0.876. The molecule has 1 aliphatic heterocycles. The van der Waals surface area contributed by atoms with Crippen LogP contribution in [-0.4, -0.2) is 47.6 Å². The monoisotopic (exact) mass is 395 g/mol. The zero-order valence-corrected chi connectivity index (χ0v) is 15.4. The number of aromatic nitrogens is 1. The maximum absolute atomic E-state index is 13.7. The lowest BCUT2D eigenvalue weighted by Crippen LogP contribution is -2.45. The van der Waals surface area contributed by atoms with Crippen LogP contribution in [0.4, 0.5) is 8.78 Å². The Morgan fingerprint density at radius 1 is 1.07 bits per heavy atom. The van der Waals surface area contributed by atoms with Crippen molar-refractivity contribution in [1.82, 2.24) is 13.6 Å². The normalized spacial score (nSPS) is 19.7. The maximum atomic E-state index is 13.7. The van der Waals surface area contributed by atoms with Crippen LogP contribution < -0.4 is 4.72 Å². The molecule has 0 aliphatic carbocycles. The second-order valence-electron chi connectivity index (χ2n) is 7.14. The van der Waals surface area contributed by atoms with Gasteiger partial charge in [-0.05, 0) is 43.3 Å². The fourth-order valence-electron chi connectivity index (χ4n) is 3.66. The number of hydrogen-bond acceptors (Lipinski definition) is 3. The molecule has 4 rings (SSSR count). The number of aliphatic hydroxyl groups is 1. The summed E-state index contributed by atoms with van der Waals surface area (Å²) >= 11 is 0. The Kier molecular flexibility index (Phi) is 4.22. The molecule has 3 aromatic rings. The number of β-amino-alcohol motifs (C(OH)–C–C–N with tert-alkyl or cyclic N) is 1. The molecule has 1 saturated heterocycles. The molecule has 1 aromatic heterocycles. The molecule has 27 heavy (non-hydrogen) atoms. The van der Waals surface area contributed by atoms with Crippen LogP contribution in [0.5, 0.6) is 0 Å². The van der Waals surface area contributed by atoms with E-state index in [-0.39, 0.29) is 19.6 Å². The average molecular weight is 395 g/mol. The Bertz CT molecular complexity index is 1080. The van der Waals surface area contributed by atoms with Crippen LogP contribution in [0.25, 0.3) is 21.8 Å². The first kappa shape index (κ1) is 18.3. The number of nitrogens with one attached hydrogen (secondary N) is 1. The van der Waals surface area contributed by atoms with E-state index in [4.69, 9.17) is 0 Å². The van der Waals surface area contributed by atoms with Crippen molar-refractivity contribution in [3.8, 4) is 0 Å². The van der Waals surface area contributed by atoms with Crippen LogP contribution >= 0.6 is 0 Å². The van der Waals surface area contributed by atoms with Gasteiger partial charge >= 0.3 is 0 Å². The molecule has 0 bridgehead atoms. The lowest BCUT2D eigenvalue weighted by Gasteiger charge is -2.28. The highest BCUT2D eigenvalue weighted by Crippen LogP contribution is 2.31. The molecular weight excluding hydrogens is 376 g/mol. The smallest absolute Gasteiger partial charge is 0.279 e. The van der Waals surface area contributed by atoms with Crippen LogP contribution in [0.1, 0.15) is 6.92 Å². The van der Waals surface area contributed by atoms with Gasteiger partial charge in [-0.25, -0.2) is 13.5 Å². The summed E-state index contributed by atoms with van der Waals surface area (Å²) in [4.78, 5) is 0. The highest BCUT2D eigenvalue weighted by atomic mass is 32.2. The van der Waals surface area contributed by atoms with Gasteiger partial charge in [0.05, 0.1) is 12.1 Å². The topological polar surface area (TPSA) is 74.6 Å². The summed E-state index contributed by atoms with van der Waals surface area (Å²) in [5, 5.41) is 12.0. The van der Waals surface area contributed by atoms with Gasteiger partial charge < -0.3 is 9.67 Å². The molecule has 0 spiro atoms. The molecule has 6 nitrogen and oxygen atoms in total. The molecule has 0 saturated carbocycles. The zero-order chi connectivity index (χ0) is 19.4. The fourth-order valence-corrected chi connectivity index (χ4v) is 4.98. The molecule has 2 aromatic carbocycles. The minimum atomic E-state index is -3.58. The summed E-state index contributed by atoms with van der Waals surface area (Å²) in [6.45, 7) is 2.10. The largest absolute Gasteiger partial charge is 0.387 e. The van der Waals surface area contributed by atoms with Gasteiger partial charge in [0.2, 0.25) is 0 Å². The first-order valence-corrected chi connectivity index (χ1v) is 9.94. The number of nitrogens with zero attached hydrogens (tertiary/aromatic N) is 2. The number of benzene rings is 2. The van der Waals surface area contributed by atoms with Crippen molar-refractivity contribution in [3.05, 3.63) is 48.0 Å². The van der Waals surface area contributed by atoms with Gasteiger partial charge in [0.15, 0.2) is 0 Å². The molecule has 1 aliphatic rings. The first-order chi connectivity index (χ1) is 12.7. The van der Waals surface area contributed by atoms with E-state index in [1.54, 1.807) is 23.6 Å². The van der Waals surface area contributed by atoms with E-state index in [0.717, 1.165) is 0 Å². The third-order valence-corrected chi connectivity index (χ3v) is 6.35. The number of halogens is 2. The van der Waals surface area contributed by atoms with Crippen molar-refractivity contribution >= 4 is 32.0 Å². The van der Waals surface area contributed by atoms with Gasteiger partial charge in [-0.1, -0.05) is 0 Å². The third-order valence-electron chi connectivity index (χ3n) is 4.79. The summed E-state index contributed by atoms with van der Waals surface area (Å²) in [5.41, 5.74) is -0.111. The van der Waals surface area contributed by atoms with Crippen molar-refractivity contribution in [2.24, 2.45) is 0 Å². The molecule has 1 fully saturated rings. The molecular formula is C18H19F2N3O3S. The standard InChI is InChI=1S/C18H19F2N3O3S/c1-18(24,10-22-7-6-21-27(22,25)26)11-23-16-4-2-12(19)8-14(16)15-9-13(20)3-5-17(15)23/h2-5,8-9,21,24H,6-7,10-11H2,1H3. The van der Waals surface area contributed by atoms with Crippen molar-refractivity contribution in [2.45, 2.75) is 19.1 Å². The summed E-state index contributed by atoms with van der Waals surface area (Å²) < 4.78 is 56.7. The van der Waals surface area contributed by atoms with Crippen LogP contribution in [0.15, 0.2) is 36.4 Å². The first-order valence-electron chi connectivity index (χ1n) is 8.50. The van der Waals surface area contributed by atoms with E-state index < -0.39 is 27.4 Å². The van der Waals surface area contributed by atoms with Gasteiger partial charge in [0.1, 0.15) is 11.6 Å². The van der Waals surface area contributed by atoms with Gasteiger partial charge in [-0.15, -0.1) is 0 Å². The van der Waals surface area contributed by atoms with Crippen molar-refractivity contribution in [3.63, 3.8) is 0 Å². The Morgan fingerprint density at radius 2 is 1.63 bits per heavy atom. The number of fused-ring (bicyclic) bond motifs is 3. The maximum Gasteiger partial charge on any atom is 0.279 e. The molecule has 1 unspecified atom stereocenters. The van der Waals surface area contributed by atoms with Gasteiger partial charge in [-0.3, -0.25) is 0 Å². The van der Waals surface area contributed by atoms with Crippen molar-refractivity contribution in [2.75, 3.05) is 19.6 Å². The van der Waals surface area contributed by atoms with Crippen molar-refractivity contribution < 1.29 is 22.3 Å². The van der Waals surface area contributed by atoms with Gasteiger partial charge in [-0.2, -0.15) is 12.7 Å². The van der Waals surface area contributed by atoms with Crippen molar-refractivity contribution in [1.29, 1.82) is 0 Å². The lowest BCUT2D eigenvalue weighted by atomic mass is 10.1. The zero-order valence-electron chi connectivity index (χ0n) is 14.6. The quantitative estimate of drug-likeness (QED) is 0.709. The molecule has 144 valence electrons. The third kappa shape index (κ3) is 3.31. The Hall–Kier alpha value is -2.07. The van der Waals surface area contributed by atoms with E-state index in [2.05, 4.69) is 4.72 Å². The minimum absolute atomic E-state index is 0.0658. The lowest BCUT2D eigenvalue weighted by molar-refractivity contribution is 0.0279. The molecule has 2 heterocycles. The Balaban J connectivity index is 1.78. The molecule has 0 radical (unpaired) electrons. The number of hydrogen-bond donors (Lipinski definition) is 2. The van der Waals surface area contributed by atoms with Gasteiger partial charge in [0.25, 0.3) is 10.2 Å². The molecule has 0 amide bonds. The SMILES string of the molecule is CC(O)(CN1CCNS1(=O)=O)Cn1c2ccc(F)cc2c2cc(F)ccc21. The van der Waals surface area contributed by atoms with E-state index in [9.17, 15) is 22.3 Å². The van der Waals surface area contributed by atoms with Gasteiger partial charge in [0, 0.05) is 41.4 Å². The Morgan fingerprint density at radius 3 is 2.11 bits per heavy atom. The summed E-state index contributed by atoms with van der Waals surface area (Å²) in [7, 11) is -3.58. The van der Waals surface area contributed by atoms with E-state index in [0.29, 0.717) is 28.4 Å². The molecule has 1 atom stereocenters.